The lowest BCUT2D eigenvalue weighted by molar-refractivity contribution is 0.0999. The molecule has 0 heterocycles. The van der Waals surface area contributed by atoms with Crippen molar-refractivity contribution >= 4 is 25.0 Å². The number of hydrogen-bond donors (Lipinski definition) is 1. The number of nitrogens with two attached hydrogens (primary N) is 1. The summed E-state index contributed by atoms with van der Waals surface area (Å²) in [5.41, 5.74) is 9.52. The molecular weight excluding hydrogens is 476 g/mol. The minimum Gasteiger partial charge on any atom is -0.543 e. The van der Waals surface area contributed by atoms with E-state index in [2.05, 4.69) is 81.2 Å². The summed E-state index contributed by atoms with van der Waals surface area (Å²) in [5.74, 6) is 1.21. The van der Waals surface area contributed by atoms with Crippen molar-refractivity contribution in [3.63, 3.8) is 0 Å². The highest BCUT2D eigenvalue weighted by atomic mass is 28.4. The van der Waals surface area contributed by atoms with Crippen LogP contribution in [-0.4, -0.2) is 46.4 Å². The average Bonchev–Trinajstić information content (AvgIpc) is 3.59. The predicted octanol–water partition coefficient (Wildman–Crippen LogP) is 6.65. The first-order chi connectivity index (χ1) is 17.2. The Kier molecular flexibility index (Phi) is 7.21. The summed E-state index contributed by atoms with van der Waals surface area (Å²) in [7, 11) is 2.06. The highest BCUT2D eigenvalue weighted by Gasteiger charge is 2.48. The normalized spacial score (nSPS) is 15.2. The van der Waals surface area contributed by atoms with Crippen LogP contribution in [-0.2, 0) is 5.41 Å². The van der Waals surface area contributed by atoms with Crippen molar-refractivity contribution in [2.45, 2.75) is 64.1 Å². The number of carbonyl (C=O) groups excluding carboxylic acids is 1. The van der Waals surface area contributed by atoms with Crippen LogP contribution in [0, 0.1) is 6.92 Å². The van der Waals surface area contributed by atoms with E-state index in [-0.39, 0.29) is 10.5 Å². The Morgan fingerprint density at radius 2 is 1.73 bits per heavy atom. The number of benzene rings is 3. The molecule has 6 heteroatoms. The average molecular weight is 519 g/mol. The van der Waals surface area contributed by atoms with Crippen LogP contribution < -0.4 is 14.9 Å². The summed E-state index contributed by atoms with van der Waals surface area (Å²) in [6, 6.07) is 16.9. The molecule has 0 atom stereocenters. The number of carbonyl (C=O) groups is 1. The molecule has 0 aliphatic heterocycles. The number of primary amides is 1. The highest BCUT2D eigenvalue weighted by molar-refractivity contribution is 6.74. The molecule has 1 aliphatic carbocycles. The van der Waals surface area contributed by atoms with Gasteiger partial charge in [0, 0.05) is 17.5 Å². The van der Waals surface area contributed by atoms with Gasteiger partial charge in [0.1, 0.15) is 18.1 Å². The van der Waals surface area contributed by atoms with E-state index in [0.717, 1.165) is 36.3 Å². The molecule has 0 aromatic heterocycles. The largest absolute Gasteiger partial charge is 0.543 e. The molecule has 3 aromatic rings. The van der Waals surface area contributed by atoms with Crippen LogP contribution in [0.4, 0.5) is 0 Å². The van der Waals surface area contributed by atoms with Gasteiger partial charge in [-0.25, -0.2) is 0 Å². The maximum absolute atomic E-state index is 12.4. The Hall–Kier alpha value is -2.83. The Balaban J connectivity index is 1.81. The summed E-state index contributed by atoms with van der Waals surface area (Å²) in [6.45, 7) is 14.7. The second kappa shape index (κ2) is 9.80. The van der Waals surface area contributed by atoms with E-state index in [9.17, 15) is 4.79 Å². The number of nitrogens with zero attached hydrogens (tertiary/aromatic N) is 1. The number of ether oxygens (including phenoxy) is 1. The first kappa shape index (κ1) is 27.2. The molecule has 2 N–H and O–H groups in total. The molecule has 3 aromatic carbocycles. The van der Waals surface area contributed by atoms with E-state index < -0.39 is 14.2 Å². The van der Waals surface area contributed by atoms with Gasteiger partial charge in [-0.1, -0.05) is 45.0 Å². The van der Waals surface area contributed by atoms with Crippen molar-refractivity contribution in [2.75, 3.05) is 27.2 Å². The molecule has 0 spiro atoms. The van der Waals surface area contributed by atoms with Crippen LogP contribution in [0.15, 0.2) is 48.5 Å². The second-order valence-electron chi connectivity index (χ2n) is 12.3. The van der Waals surface area contributed by atoms with Gasteiger partial charge in [-0.2, -0.15) is 0 Å². The number of rotatable bonds is 9. The zero-order valence-corrected chi connectivity index (χ0v) is 24.7. The van der Waals surface area contributed by atoms with Crippen LogP contribution in [0.25, 0.3) is 10.8 Å². The van der Waals surface area contributed by atoms with E-state index in [1.165, 1.54) is 16.3 Å². The molecule has 37 heavy (non-hydrogen) atoms. The van der Waals surface area contributed by atoms with E-state index in [1.807, 2.05) is 21.0 Å². The van der Waals surface area contributed by atoms with E-state index in [1.54, 1.807) is 6.07 Å². The lowest BCUT2D eigenvalue weighted by Crippen LogP contribution is -2.43. The Morgan fingerprint density at radius 3 is 2.32 bits per heavy atom. The van der Waals surface area contributed by atoms with Gasteiger partial charge in [-0.3, -0.25) is 4.79 Å². The van der Waals surface area contributed by atoms with E-state index in [4.69, 9.17) is 14.9 Å². The summed E-state index contributed by atoms with van der Waals surface area (Å²) in [4.78, 5) is 14.5. The minimum absolute atomic E-state index is 0.120. The first-order valence-corrected chi connectivity index (χ1v) is 16.1. The molecular formula is C31H42N2O3Si. The van der Waals surface area contributed by atoms with E-state index in [0.29, 0.717) is 17.9 Å². The SMILES string of the molecule is Cc1c(C(N)=O)cc(OCCN(C)C)cc1C1(c2cccc3ccc(O[Si](C)(C)C(C)(C)C)cc23)CC1. The fraction of sp³-hybridized carbons (Fsp3) is 0.452. The molecule has 5 nitrogen and oxygen atoms in total. The smallest absolute Gasteiger partial charge is 0.250 e. The molecule has 0 radical (unpaired) electrons. The van der Waals surface area contributed by atoms with Gasteiger partial charge in [0.05, 0.1) is 0 Å². The van der Waals surface area contributed by atoms with Crippen molar-refractivity contribution in [1.82, 2.24) is 4.90 Å². The van der Waals surface area contributed by atoms with Crippen LogP contribution >= 0.6 is 0 Å². The summed E-state index contributed by atoms with van der Waals surface area (Å²) in [5, 5.41) is 2.52. The molecule has 0 unspecified atom stereocenters. The molecule has 1 saturated carbocycles. The fourth-order valence-electron chi connectivity index (χ4n) is 4.86. The van der Waals surface area contributed by atoms with Gasteiger partial charge in [-0.05, 0) is 104 Å². The van der Waals surface area contributed by atoms with Gasteiger partial charge < -0.3 is 19.8 Å². The van der Waals surface area contributed by atoms with Gasteiger partial charge in [0.2, 0.25) is 14.2 Å². The molecule has 198 valence electrons. The molecule has 4 rings (SSSR count). The Morgan fingerprint density at radius 1 is 1.03 bits per heavy atom. The quantitative estimate of drug-likeness (QED) is 0.322. The molecule has 1 fully saturated rings. The van der Waals surface area contributed by atoms with Crippen molar-refractivity contribution in [3.05, 3.63) is 70.8 Å². The topological polar surface area (TPSA) is 64.8 Å². The number of hydrogen-bond acceptors (Lipinski definition) is 4. The van der Waals surface area contributed by atoms with Gasteiger partial charge >= 0.3 is 0 Å². The summed E-state index contributed by atoms with van der Waals surface area (Å²) >= 11 is 0. The Bertz CT molecular complexity index is 1320. The third kappa shape index (κ3) is 5.41. The van der Waals surface area contributed by atoms with Crippen molar-refractivity contribution in [1.29, 1.82) is 0 Å². The lowest BCUT2D eigenvalue weighted by Gasteiger charge is -2.36. The van der Waals surface area contributed by atoms with Crippen molar-refractivity contribution in [2.24, 2.45) is 5.73 Å². The minimum atomic E-state index is -1.97. The zero-order valence-electron chi connectivity index (χ0n) is 23.7. The maximum atomic E-state index is 12.4. The fourth-order valence-corrected chi connectivity index (χ4v) is 5.88. The zero-order chi connectivity index (χ0) is 27.2. The second-order valence-corrected chi connectivity index (χ2v) is 17.0. The number of likely N-dealkylation sites (N-methyl/N-ethyl adjacent to an activating group) is 1. The monoisotopic (exact) mass is 518 g/mol. The number of amides is 1. The van der Waals surface area contributed by atoms with Gasteiger partial charge in [0.15, 0.2) is 0 Å². The van der Waals surface area contributed by atoms with Crippen molar-refractivity contribution < 1.29 is 14.0 Å². The third-order valence-corrected chi connectivity index (χ3v) is 12.6. The Labute approximate surface area is 223 Å². The summed E-state index contributed by atoms with van der Waals surface area (Å²) in [6.07, 6.45) is 2.03. The molecule has 1 aliphatic rings. The third-order valence-electron chi connectivity index (χ3n) is 8.27. The van der Waals surface area contributed by atoms with Gasteiger partial charge in [-0.15, -0.1) is 0 Å². The van der Waals surface area contributed by atoms with Crippen LogP contribution in [0.3, 0.4) is 0 Å². The van der Waals surface area contributed by atoms with Gasteiger partial charge in [0.25, 0.3) is 0 Å². The highest BCUT2D eigenvalue weighted by Crippen LogP contribution is 2.57. The predicted molar refractivity (Wildman–Crippen MR) is 156 cm³/mol. The van der Waals surface area contributed by atoms with E-state index >= 15 is 0 Å². The van der Waals surface area contributed by atoms with Crippen LogP contribution in [0.2, 0.25) is 18.1 Å². The lowest BCUT2D eigenvalue weighted by atomic mass is 9.81. The molecule has 0 saturated heterocycles. The molecule has 0 bridgehead atoms. The maximum Gasteiger partial charge on any atom is 0.250 e. The standard InChI is InChI=1S/C31H42N2O3Si/c1-21-25(29(32)34)19-24(35-17-16-33(5)6)20-28(21)31(14-15-31)27-11-9-10-22-12-13-23(18-26(22)27)36-37(7,8)30(2,3)4/h9-13,18-20H,14-17H2,1-8H3,(H2,32,34). The van der Waals surface area contributed by atoms with Crippen LogP contribution in [0.1, 0.15) is 60.7 Å². The summed E-state index contributed by atoms with van der Waals surface area (Å²) < 4.78 is 12.8. The van der Waals surface area contributed by atoms with Crippen molar-refractivity contribution in [3.8, 4) is 11.5 Å². The molecule has 1 amide bonds. The van der Waals surface area contributed by atoms with Crippen LogP contribution in [0.5, 0.6) is 11.5 Å². The number of fused-ring (bicyclic) bond motifs is 1. The first-order valence-electron chi connectivity index (χ1n) is 13.2.